The molecule has 0 aliphatic carbocycles. The van der Waals surface area contributed by atoms with Crippen molar-refractivity contribution in [2.75, 3.05) is 20.8 Å². The van der Waals surface area contributed by atoms with E-state index in [9.17, 15) is 4.79 Å². The van der Waals surface area contributed by atoms with Crippen LogP contribution in [0.3, 0.4) is 0 Å². The third kappa shape index (κ3) is 4.41. The van der Waals surface area contributed by atoms with Crippen LogP contribution in [-0.4, -0.2) is 26.7 Å². The number of carbonyl (C=O) groups is 1. The van der Waals surface area contributed by atoms with Gasteiger partial charge >= 0.3 is 0 Å². The molecule has 1 amide bonds. The summed E-state index contributed by atoms with van der Waals surface area (Å²) in [5.41, 5.74) is 3.17. The number of rotatable bonds is 7. The Balaban J connectivity index is 1.90. The van der Waals surface area contributed by atoms with Crippen molar-refractivity contribution < 1.29 is 19.0 Å². The van der Waals surface area contributed by atoms with Crippen LogP contribution in [0.5, 0.6) is 17.2 Å². The first-order chi connectivity index (χ1) is 11.5. The summed E-state index contributed by atoms with van der Waals surface area (Å²) in [6.07, 6.45) is 0. The number of benzene rings is 2. The third-order valence-corrected chi connectivity index (χ3v) is 3.81. The molecule has 0 spiro atoms. The molecule has 128 valence electrons. The standard InChI is InChI=1S/C19H23NO4/c1-13-8-9-16(10-14(13)2)24-12-18(21)20-11-15-6-5-7-17(22-3)19(15)23-4/h5-10H,11-12H2,1-4H3,(H,20,21). The van der Waals surface area contributed by atoms with Crippen molar-refractivity contribution in [3.8, 4) is 17.2 Å². The highest BCUT2D eigenvalue weighted by Crippen LogP contribution is 2.30. The third-order valence-electron chi connectivity index (χ3n) is 3.81. The SMILES string of the molecule is COc1cccc(CNC(=O)COc2ccc(C)c(C)c2)c1OC. The van der Waals surface area contributed by atoms with Crippen molar-refractivity contribution in [1.82, 2.24) is 5.32 Å². The maximum absolute atomic E-state index is 12.0. The van der Waals surface area contributed by atoms with E-state index in [1.54, 1.807) is 14.2 Å². The molecule has 0 aliphatic rings. The minimum absolute atomic E-state index is 0.0330. The van der Waals surface area contributed by atoms with Gasteiger partial charge in [0.1, 0.15) is 5.75 Å². The molecule has 0 unspecified atom stereocenters. The first-order valence-electron chi connectivity index (χ1n) is 7.71. The molecular weight excluding hydrogens is 306 g/mol. The number of methoxy groups -OCH3 is 2. The van der Waals surface area contributed by atoms with Crippen molar-refractivity contribution in [1.29, 1.82) is 0 Å². The Hall–Kier alpha value is -2.69. The van der Waals surface area contributed by atoms with Crippen molar-refractivity contribution >= 4 is 5.91 Å². The van der Waals surface area contributed by atoms with E-state index in [1.165, 1.54) is 5.56 Å². The van der Waals surface area contributed by atoms with Gasteiger partial charge in [0.05, 0.1) is 14.2 Å². The summed E-state index contributed by atoms with van der Waals surface area (Å²) in [6.45, 7) is 4.36. The highest BCUT2D eigenvalue weighted by Gasteiger charge is 2.11. The summed E-state index contributed by atoms with van der Waals surface area (Å²) in [7, 11) is 3.16. The molecule has 24 heavy (non-hydrogen) atoms. The summed E-state index contributed by atoms with van der Waals surface area (Å²) in [6, 6.07) is 11.3. The van der Waals surface area contributed by atoms with Crippen LogP contribution in [-0.2, 0) is 11.3 Å². The first-order valence-corrected chi connectivity index (χ1v) is 7.71. The Bertz CT molecular complexity index is 713. The van der Waals surface area contributed by atoms with Crippen LogP contribution in [0.15, 0.2) is 36.4 Å². The fourth-order valence-electron chi connectivity index (χ4n) is 2.29. The van der Waals surface area contributed by atoms with E-state index in [2.05, 4.69) is 5.32 Å². The molecule has 5 nitrogen and oxygen atoms in total. The highest BCUT2D eigenvalue weighted by atomic mass is 16.5. The van der Waals surface area contributed by atoms with Crippen LogP contribution in [0.1, 0.15) is 16.7 Å². The Kier molecular flexibility index (Phi) is 6.07. The minimum atomic E-state index is -0.196. The summed E-state index contributed by atoms with van der Waals surface area (Å²) in [5.74, 6) is 1.75. The normalized spacial score (nSPS) is 10.2. The second-order valence-electron chi connectivity index (χ2n) is 5.46. The van der Waals surface area contributed by atoms with Crippen molar-refractivity contribution in [3.05, 3.63) is 53.1 Å². The lowest BCUT2D eigenvalue weighted by Gasteiger charge is -2.13. The van der Waals surface area contributed by atoms with Crippen LogP contribution >= 0.6 is 0 Å². The predicted octanol–water partition coefficient (Wildman–Crippen LogP) is 3.02. The number of hydrogen-bond donors (Lipinski definition) is 1. The highest BCUT2D eigenvalue weighted by molar-refractivity contribution is 5.77. The van der Waals surface area contributed by atoms with Gasteiger partial charge in [-0.3, -0.25) is 4.79 Å². The van der Waals surface area contributed by atoms with Crippen LogP contribution in [0.4, 0.5) is 0 Å². The summed E-state index contributed by atoms with van der Waals surface area (Å²) < 4.78 is 16.1. The van der Waals surface area contributed by atoms with Gasteiger partial charge < -0.3 is 19.5 Å². The molecule has 2 rings (SSSR count). The lowest BCUT2D eigenvalue weighted by Crippen LogP contribution is -2.28. The maximum Gasteiger partial charge on any atom is 0.258 e. The number of ether oxygens (including phenoxy) is 3. The van der Waals surface area contributed by atoms with E-state index in [0.29, 0.717) is 23.8 Å². The van der Waals surface area contributed by atoms with E-state index < -0.39 is 0 Å². The average molecular weight is 329 g/mol. The predicted molar refractivity (Wildman–Crippen MR) is 92.8 cm³/mol. The van der Waals surface area contributed by atoms with E-state index in [1.807, 2.05) is 50.2 Å². The van der Waals surface area contributed by atoms with Gasteiger partial charge in [-0.2, -0.15) is 0 Å². The zero-order valence-corrected chi connectivity index (χ0v) is 14.5. The smallest absolute Gasteiger partial charge is 0.258 e. The molecule has 0 saturated carbocycles. The second kappa shape index (κ2) is 8.24. The molecule has 2 aromatic rings. The van der Waals surface area contributed by atoms with Crippen molar-refractivity contribution in [2.24, 2.45) is 0 Å². The first kappa shape index (κ1) is 17.7. The molecule has 0 atom stereocenters. The lowest BCUT2D eigenvalue weighted by atomic mass is 10.1. The van der Waals surface area contributed by atoms with Gasteiger partial charge in [-0.1, -0.05) is 18.2 Å². The largest absolute Gasteiger partial charge is 0.493 e. The molecule has 2 aromatic carbocycles. The molecule has 0 bridgehead atoms. The topological polar surface area (TPSA) is 56.8 Å². The lowest BCUT2D eigenvalue weighted by molar-refractivity contribution is -0.123. The van der Waals surface area contributed by atoms with Crippen molar-refractivity contribution in [2.45, 2.75) is 20.4 Å². The molecule has 0 heterocycles. The molecular formula is C19H23NO4. The van der Waals surface area contributed by atoms with Gasteiger partial charge in [-0.05, 0) is 43.2 Å². The summed E-state index contributed by atoms with van der Waals surface area (Å²) >= 11 is 0. The van der Waals surface area contributed by atoms with Gasteiger partial charge in [0.25, 0.3) is 5.91 Å². The number of aryl methyl sites for hydroxylation is 2. The minimum Gasteiger partial charge on any atom is -0.493 e. The van der Waals surface area contributed by atoms with Crippen molar-refractivity contribution in [3.63, 3.8) is 0 Å². The number of amides is 1. The Labute approximate surface area is 142 Å². The van der Waals surface area contributed by atoms with Gasteiger partial charge in [0.2, 0.25) is 0 Å². The maximum atomic E-state index is 12.0. The Morgan fingerprint density at radius 2 is 1.83 bits per heavy atom. The number of carbonyl (C=O) groups excluding carboxylic acids is 1. The zero-order valence-electron chi connectivity index (χ0n) is 14.5. The number of nitrogens with one attached hydrogen (secondary N) is 1. The van der Waals surface area contributed by atoms with Crippen LogP contribution in [0.25, 0.3) is 0 Å². The van der Waals surface area contributed by atoms with E-state index in [4.69, 9.17) is 14.2 Å². The fraction of sp³-hybridized carbons (Fsp3) is 0.316. The Morgan fingerprint density at radius 3 is 2.50 bits per heavy atom. The van der Waals surface area contributed by atoms with E-state index >= 15 is 0 Å². The molecule has 0 radical (unpaired) electrons. The Morgan fingerprint density at radius 1 is 1.04 bits per heavy atom. The van der Waals surface area contributed by atoms with Crippen LogP contribution in [0, 0.1) is 13.8 Å². The fourth-order valence-corrected chi connectivity index (χ4v) is 2.29. The van der Waals surface area contributed by atoms with Crippen LogP contribution < -0.4 is 19.5 Å². The molecule has 1 N–H and O–H groups in total. The number of para-hydroxylation sites is 1. The molecule has 0 aliphatic heterocycles. The quantitative estimate of drug-likeness (QED) is 0.848. The molecule has 0 saturated heterocycles. The van der Waals surface area contributed by atoms with Gasteiger partial charge in [0.15, 0.2) is 18.1 Å². The van der Waals surface area contributed by atoms with E-state index in [0.717, 1.165) is 11.1 Å². The van der Waals surface area contributed by atoms with Crippen LogP contribution in [0.2, 0.25) is 0 Å². The van der Waals surface area contributed by atoms with Gasteiger partial charge in [-0.15, -0.1) is 0 Å². The summed E-state index contributed by atoms with van der Waals surface area (Å²) in [4.78, 5) is 12.0. The van der Waals surface area contributed by atoms with Gasteiger partial charge in [-0.25, -0.2) is 0 Å². The molecule has 0 aromatic heterocycles. The monoisotopic (exact) mass is 329 g/mol. The summed E-state index contributed by atoms with van der Waals surface area (Å²) in [5, 5.41) is 2.82. The van der Waals surface area contributed by atoms with E-state index in [-0.39, 0.29) is 12.5 Å². The average Bonchev–Trinajstić information content (AvgIpc) is 2.60. The van der Waals surface area contributed by atoms with Gasteiger partial charge in [0, 0.05) is 12.1 Å². The number of hydrogen-bond acceptors (Lipinski definition) is 4. The second-order valence-corrected chi connectivity index (χ2v) is 5.46. The zero-order chi connectivity index (χ0) is 17.5. The molecule has 0 fully saturated rings. The molecule has 5 heteroatoms.